The third-order valence-electron chi connectivity index (χ3n) is 7.09. The van der Waals surface area contributed by atoms with E-state index in [-0.39, 0.29) is 6.61 Å². The fourth-order valence-electron chi connectivity index (χ4n) is 4.98. The molecule has 0 amide bonds. The van der Waals surface area contributed by atoms with Crippen molar-refractivity contribution in [2.75, 3.05) is 45.9 Å². The average molecular weight is 441 g/mol. The Morgan fingerprint density at radius 3 is 1.39 bits per heavy atom. The van der Waals surface area contributed by atoms with Gasteiger partial charge in [-0.05, 0) is 18.8 Å². The summed E-state index contributed by atoms with van der Waals surface area (Å²) in [5.41, 5.74) is 0. The van der Waals surface area contributed by atoms with Crippen molar-refractivity contribution < 1.29 is 10.2 Å². The number of unbranched alkanes of at least 4 members (excludes halogenated alkanes) is 12. The maximum absolute atomic E-state index is 9.69. The van der Waals surface area contributed by atoms with Crippen molar-refractivity contribution in [3.63, 3.8) is 0 Å². The topological polar surface area (TPSA) is 46.9 Å². The number of aliphatic hydroxyl groups excluding tert-OH is 2. The summed E-state index contributed by atoms with van der Waals surface area (Å²) in [5, 5.41) is 18.8. The van der Waals surface area contributed by atoms with Gasteiger partial charge in [0.15, 0.2) is 0 Å². The van der Waals surface area contributed by atoms with E-state index in [0.29, 0.717) is 6.54 Å². The van der Waals surface area contributed by atoms with Crippen LogP contribution in [0.1, 0.15) is 117 Å². The van der Waals surface area contributed by atoms with Crippen molar-refractivity contribution in [3.05, 3.63) is 0 Å². The van der Waals surface area contributed by atoms with Crippen molar-refractivity contribution in [1.82, 2.24) is 9.80 Å². The van der Waals surface area contributed by atoms with Crippen molar-refractivity contribution in [2.24, 2.45) is 5.92 Å². The number of nitrogens with zero attached hydrogens (tertiary/aromatic N) is 2. The molecule has 1 rings (SSSR count). The zero-order valence-corrected chi connectivity index (χ0v) is 21.2. The lowest BCUT2D eigenvalue weighted by molar-refractivity contribution is 0.0363. The van der Waals surface area contributed by atoms with Crippen LogP contribution in [0.4, 0.5) is 0 Å². The van der Waals surface area contributed by atoms with Gasteiger partial charge in [0.05, 0.1) is 12.7 Å². The maximum atomic E-state index is 9.69. The van der Waals surface area contributed by atoms with E-state index in [2.05, 4.69) is 23.6 Å². The van der Waals surface area contributed by atoms with E-state index in [1.165, 1.54) is 109 Å². The van der Waals surface area contributed by atoms with Crippen LogP contribution >= 0.6 is 0 Å². The Hall–Kier alpha value is -0.160. The predicted octanol–water partition coefficient (Wildman–Crippen LogP) is 5.85. The number of aliphatic hydroxyl groups is 2. The van der Waals surface area contributed by atoms with Crippen LogP contribution in [0, 0.1) is 5.92 Å². The number of rotatable bonds is 21. The molecule has 31 heavy (non-hydrogen) atoms. The Bertz CT molecular complexity index is 372. The Labute approximate surface area is 194 Å². The molecule has 1 aliphatic rings. The monoisotopic (exact) mass is 440 g/mol. The molecule has 0 saturated carbocycles. The van der Waals surface area contributed by atoms with E-state index in [0.717, 1.165) is 32.1 Å². The Morgan fingerprint density at radius 2 is 0.968 bits per heavy atom. The van der Waals surface area contributed by atoms with Crippen molar-refractivity contribution in [3.8, 4) is 0 Å². The van der Waals surface area contributed by atoms with Crippen LogP contribution in [0.25, 0.3) is 0 Å². The van der Waals surface area contributed by atoms with Gasteiger partial charge in [-0.1, -0.05) is 104 Å². The van der Waals surface area contributed by atoms with Crippen LogP contribution < -0.4 is 0 Å². The van der Waals surface area contributed by atoms with Crippen LogP contribution in [0.5, 0.6) is 0 Å². The number of β-amino-alcohol motifs (C(OH)–C–C–N with tert-alkyl or cyclic N) is 1. The number of hydrogen-bond acceptors (Lipinski definition) is 4. The van der Waals surface area contributed by atoms with Gasteiger partial charge < -0.3 is 15.1 Å². The van der Waals surface area contributed by atoms with E-state index in [4.69, 9.17) is 5.11 Å². The van der Waals surface area contributed by atoms with E-state index in [9.17, 15) is 5.11 Å². The van der Waals surface area contributed by atoms with Gasteiger partial charge in [-0.25, -0.2) is 0 Å². The van der Waals surface area contributed by atoms with E-state index < -0.39 is 6.10 Å². The smallest absolute Gasteiger partial charge is 0.0897 e. The summed E-state index contributed by atoms with van der Waals surface area (Å²) in [5.74, 6) is 0.862. The molecule has 2 atom stereocenters. The van der Waals surface area contributed by atoms with Gasteiger partial charge in [0, 0.05) is 39.3 Å². The van der Waals surface area contributed by atoms with E-state index >= 15 is 0 Å². The molecule has 0 aliphatic carbocycles. The highest BCUT2D eigenvalue weighted by atomic mass is 16.3. The first-order chi connectivity index (χ1) is 15.2. The highest BCUT2D eigenvalue weighted by molar-refractivity contribution is 4.76. The minimum atomic E-state index is -0.589. The molecule has 186 valence electrons. The predicted molar refractivity (Wildman–Crippen MR) is 135 cm³/mol. The largest absolute Gasteiger partial charge is 0.394 e. The standard InChI is InChI=1S/C27H56N2O2/c1-3-5-7-9-11-12-14-16-18-26(17-15-13-10-8-6-4-2)23-28-19-21-29(22-20-28)24-27(31)25-30/h26-27,30-31H,3-25H2,1-2H3. The van der Waals surface area contributed by atoms with Crippen LogP contribution in [0.3, 0.4) is 0 Å². The third-order valence-corrected chi connectivity index (χ3v) is 7.09. The second kappa shape index (κ2) is 20.4. The number of piperazine rings is 1. The second-order valence-electron chi connectivity index (χ2n) is 10.1. The van der Waals surface area contributed by atoms with E-state index in [1.54, 1.807) is 0 Å². The molecule has 0 bridgehead atoms. The Morgan fingerprint density at radius 1 is 0.581 bits per heavy atom. The molecule has 4 heteroatoms. The lowest BCUT2D eigenvalue weighted by Crippen LogP contribution is -2.50. The van der Waals surface area contributed by atoms with Gasteiger partial charge in [0.2, 0.25) is 0 Å². The minimum Gasteiger partial charge on any atom is -0.394 e. The number of hydrogen-bond donors (Lipinski definition) is 2. The van der Waals surface area contributed by atoms with Crippen molar-refractivity contribution >= 4 is 0 Å². The molecule has 0 spiro atoms. The highest BCUT2D eigenvalue weighted by Gasteiger charge is 2.21. The van der Waals surface area contributed by atoms with E-state index in [1.807, 2.05) is 0 Å². The lowest BCUT2D eigenvalue weighted by Gasteiger charge is -2.37. The molecule has 1 aliphatic heterocycles. The summed E-state index contributed by atoms with van der Waals surface area (Å²) in [4.78, 5) is 4.97. The molecular weight excluding hydrogens is 384 g/mol. The maximum Gasteiger partial charge on any atom is 0.0897 e. The van der Waals surface area contributed by atoms with Crippen LogP contribution in [-0.4, -0.2) is 72.0 Å². The lowest BCUT2D eigenvalue weighted by atomic mass is 9.93. The van der Waals surface area contributed by atoms with Crippen molar-refractivity contribution in [2.45, 2.75) is 123 Å². The zero-order valence-electron chi connectivity index (χ0n) is 21.2. The molecule has 1 heterocycles. The first-order valence-electron chi connectivity index (χ1n) is 13.9. The first-order valence-corrected chi connectivity index (χ1v) is 13.9. The average Bonchev–Trinajstić information content (AvgIpc) is 2.78. The third kappa shape index (κ3) is 16.2. The highest BCUT2D eigenvalue weighted by Crippen LogP contribution is 2.21. The molecule has 4 nitrogen and oxygen atoms in total. The summed E-state index contributed by atoms with van der Waals surface area (Å²) < 4.78 is 0. The minimum absolute atomic E-state index is 0.126. The molecular formula is C27H56N2O2. The van der Waals surface area contributed by atoms with Crippen molar-refractivity contribution in [1.29, 1.82) is 0 Å². The van der Waals surface area contributed by atoms with Crippen LogP contribution in [0.2, 0.25) is 0 Å². The molecule has 1 saturated heterocycles. The summed E-state index contributed by atoms with van der Waals surface area (Å²) in [6.45, 7) is 10.6. The molecule has 2 N–H and O–H groups in total. The Balaban J connectivity index is 2.26. The molecule has 0 aromatic heterocycles. The van der Waals surface area contributed by atoms with Gasteiger partial charge in [-0.2, -0.15) is 0 Å². The summed E-state index contributed by atoms with van der Waals surface area (Å²) in [6, 6.07) is 0. The normalized spacial score (nSPS) is 17.8. The van der Waals surface area contributed by atoms with Gasteiger partial charge >= 0.3 is 0 Å². The molecule has 2 unspecified atom stereocenters. The zero-order chi connectivity index (χ0) is 22.6. The van der Waals surface area contributed by atoms with Crippen LogP contribution in [0.15, 0.2) is 0 Å². The summed E-state index contributed by atoms with van der Waals surface area (Å²) >= 11 is 0. The van der Waals surface area contributed by atoms with Crippen LogP contribution in [-0.2, 0) is 0 Å². The first kappa shape index (κ1) is 28.9. The molecule has 0 radical (unpaired) electrons. The summed E-state index contributed by atoms with van der Waals surface area (Å²) in [7, 11) is 0. The fraction of sp³-hybridized carbons (Fsp3) is 1.00. The second-order valence-corrected chi connectivity index (χ2v) is 10.1. The van der Waals surface area contributed by atoms with Gasteiger partial charge in [0.1, 0.15) is 0 Å². The quantitative estimate of drug-likeness (QED) is 0.220. The summed E-state index contributed by atoms with van der Waals surface area (Å²) in [6.07, 6.45) is 21.9. The fourth-order valence-corrected chi connectivity index (χ4v) is 4.98. The SMILES string of the molecule is CCCCCCCCCCC(CCCCCCCC)CN1CCN(CC(O)CO)CC1. The van der Waals surface area contributed by atoms with Gasteiger partial charge in [0.25, 0.3) is 0 Å². The van der Waals surface area contributed by atoms with Gasteiger partial charge in [-0.3, -0.25) is 4.90 Å². The molecule has 1 fully saturated rings. The molecule has 0 aromatic carbocycles. The molecule has 0 aromatic rings. The Kier molecular flexibility index (Phi) is 19.0. The van der Waals surface area contributed by atoms with Gasteiger partial charge in [-0.15, -0.1) is 0 Å².